The zero-order valence-electron chi connectivity index (χ0n) is 11.1. The van der Waals surface area contributed by atoms with E-state index in [1.54, 1.807) is 6.20 Å². The molecule has 0 saturated carbocycles. The van der Waals surface area contributed by atoms with Crippen LogP contribution in [0.4, 0.5) is 5.69 Å². The zero-order valence-corrected chi connectivity index (χ0v) is 11.1. The maximum absolute atomic E-state index is 11.8. The van der Waals surface area contributed by atoms with Gasteiger partial charge in [-0.3, -0.25) is 9.78 Å². The number of carbonyl (C=O) groups excluding carboxylic acids is 1. The van der Waals surface area contributed by atoms with E-state index in [0.717, 1.165) is 29.4 Å². The van der Waals surface area contributed by atoms with Crippen LogP contribution < -0.4 is 11.1 Å². The maximum Gasteiger partial charge on any atom is 0.224 e. The lowest BCUT2D eigenvalue weighted by atomic mass is 10.1. The third-order valence-corrected chi connectivity index (χ3v) is 2.94. The number of carbonyl (C=O) groups is 1. The molecule has 0 saturated heterocycles. The second kappa shape index (κ2) is 6.29. The van der Waals surface area contributed by atoms with Gasteiger partial charge in [0.15, 0.2) is 0 Å². The van der Waals surface area contributed by atoms with Crippen LogP contribution in [-0.2, 0) is 4.79 Å². The molecule has 1 aromatic carbocycles. The summed E-state index contributed by atoms with van der Waals surface area (Å²) in [6, 6.07) is 9.92. The van der Waals surface area contributed by atoms with Gasteiger partial charge in [-0.2, -0.15) is 0 Å². The zero-order chi connectivity index (χ0) is 13.7. The first-order chi connectivity index (χ1) is 9.15. The monoisotopic (exact) mass is 257 g/mol. The average Bonchev–Trinajstić information content (AvgIpc) is 2.38. The van der Waals surface area contributed by atoms with Crippen LogP contribution in [0.1, 0.15) is 26.2 Å². The first-order valence-electron chi connectivity index (χ1n) is 6.55. The van der Waals surface area contributed by atoms with Crippen molar-refractivity contribution in [1.82, 2.24) is 4.98 Å². The van der Waals surface area contributed by atoms with E-state index in [2.05, 4.69) is 10.3 Å². The number of nitrogens with two attached hydrogens (primary N) is 1. The molecule has 0 aliphatic carbocycles. The lowest BCUT2D eigenvalue weighted by molar-refractivity contribution is -0.116. The molecule has 4 heteroatoms. The number of pyridine rings is 1. The summed E-state index contributed by atoms with van der Waals surface area (Å²) in [6.45, 7) is 1.95. The highest BCUT2D eigenvalue weighted by Crippen LogP contribution is 2.16. The summed E-state index contributed by atoms with van der Waals surface area (Å²) in [5.74, 6) is 0.0118. The van der Waals surface area contributed by atoms with Crippen LogP contribution in [0.15, 0.2) is 36.5 Å². The highest BCUT2D eigenvalue weighted by molar-refractivity contribution is 5.93. The highest BCUT2D eigenvalue weighted by Gasteiger charge is 2.04. The number of hydrogen-bond donors (Lipinski definition) is 2. The van der Waals surface area contributed by atoms with Crippen molar-refractivity contribution in [3.63, 3.8) is 0 Å². The SMILES string of the molecule is CC(N)CCCC(=O)Nc1cnc2ccccc2c1. The summed E-state index contributed by atoms with van der Waals surface area (Å²) in [5, 5.41) is 3.89. The molecule has 0 aliphatic heterocycles. The fraction of sp³-hybridized carbons (Fsp3) is 0.333. The quantitative estimate of drug-likeness (QED) is 0.865. The van der Waals surface area contributed by atoms with Gasteiger partial charge in [0.1, 0.15) is 0 Å². The number of benzene rings is 1. The third-order valence-electron chi connectivity index (χ3n) is 2.94. The van der Waals surface area contributed by atoms with Gasteiger partial charge in [-0.15, -0.1) is 0 Å². The number of para-hydroxylation sites is 1. The fourth-order valence-corrected chi connectivity index (χ4v) is 1.95. The van der Waals surface area contributed by atoms with Gasteiger partial charge in [0, 0.05) is 17.8 Å². The Morgan fingerprint density at radius 2 is 2.21 bits per heavy atom. The molecule has 1 unspecified atom stereocenters. The molecule has 1 amide bonds. The Kier molecular flexibility index (Phi) is 4.47. The largest absolute Gasteiger partial charge is 0.328 e. The van der Waals surface area contributed by atoms with Crippen molar-refractivity contribution in [3.05, 3.63) is 36.5 Å². The van der Waals surface area contributed by atoms with Crippen LogP contribution in [0.2, 0.25) is 0 Å². The Bertz CT molecular complexity index is 566. The minimum Gasteiger partial charge on any atom is -0.328 e. The molecule has 3 N–H and O–H groups in total. The molecule has 1 heterocycles. The van der Waals surface area contributed by atoms with E-state index in [9.17, 15) is 4.79 Å². The van der Waals surface area contributed by atoms with Crippen LogP contribution in [0.5, 0.6) is 0 Å². The first kappa shape index (κ1) is 13.5. The van der Waals surface area contributed by atoms with Crippen molar-refractivity contribution in [3.8, 4) is 0 Å². The normalized spacial score (nSPS) is 12.3. The average molecular weight is 257 g/mol. The molecule has 2 aromatic rings. The van der Waals surface area contributed by atoms with Gasteiger partial charge in [0.25, 0.3) is 0 Å². The number of rotatable bonds is 5. The van der Waals surface area contributed by atoms with Crippen molar-refractivity contribution < 1.29 is 4.79 Å². The van der Waals surface area contributed by atoms with E-state index in [0.29, 0.717) is 6.42 Å². The third kappa shape index (κ3) is 4.03. The van der Waals surface area contributed by atoms with E-state index in [1.165, 1.54) is 0 Å². The number of fused-ring (bicyclic) bond motifs is 1. The second-order valence-corrected chi connectivity index (χ2v) is 4.83. The maximum atomic E-state index is 11.8. The second-order valence-electron chi connectivity index (χ2n) is 4.83. The number of nitrogens with zero attached hydrogens (tertiary/aromatic N) is 1. The van der Waals surface area contributed by atoms with Gasteiger partial charge in [0.2, 0.25) is 5.91 Å². The summed E-state index contributed by atoms with van der Waals surface area (Å²) < 4.78 is 0. The lowest BCUT2D eigenvalue weighted by Gasteiger charge is -2.07. The Morgan fingerprint density at radius 3 is 3.00 bits per heavy atom. The Labute approximate surface area is 113 Å². The van der Waals surface area contributed by atoms with Gasteiger partial charge < -0.3 is 11.1 Å². The molecular formula is C15H19N3O. The van der Waals surface area contributed by atoms with Gasteiger partial charge in [-0.1, -0.05) is 18.2 Å². The molecule has 4 nitrogen and oxygen atoms in total. The topological polar surface area (TPSA) is 68.0 Å². The molecule has 19 heavy (non-hydrogen) atoms. The molecule has 1 aromatic heterocycles. The summed E-state index contributed by atoms with van der Waals surface area (Å²) in [4.78, 5) is 16.1. The molecule has 1 atom stereocenters. The van der Waals surface area contributed by atoms with Crippen LogP contribution >= 0.6 is 0 Å². The van der Waals surface area contributed by atoms with Gasteiger partial charge in [-0.05, 0) is 31.9 Å². The van der Waals surface area contributed by atoms with Crippen LogP contribution in [0, 0.1) is 0 Å². The Morgan fingerprint density at radius 1 is 1.42 bits per heavy atom. The summed E-state index contributed by atoms with van der Waals surface area (Å²) in [6.07, 6.45) is 3.86. The van der Waals surface area contributed by atoms with Crippen LogP contribution in [0.25, 0.3) is 10.9 Å². The first-order valence-corrected chi connectivity index (χ1v) is 6.55. The minimum absolute atomic E-state index is 0.0118. The van der Waals surface area contributed by atoms with E-state index >= 15 is 0 Å². The molecule has 0 fully saturated rings. The van der Waals surface area contributed by atoms with Crippen LogP contribution in [0.3, 0.4) is 0 Å². The molecule has 0 bridgehead atoms. The van der Waals surface area contributed by atoms with Crippen molar-refractivity contribution in [2.75, 3.05) is 5.32 Å². The predicted octanol–water partition coefficient (Wildman–Crippen LogP) is 2.69. The number of anilines is 1. The van der Waals surface area contributed by atoms with Crippen molar-refractivity contribution in [2.24, 2.45) is 5.73 Å². The van der Waals surface area contributed by atoms with E-state index in [4.69, 9.17) is 5.73 Å². The number of aromatic nitrogens is 1. The molecule has 100 valence electrons. The summed E-state index contributed by atoms with van der Waals surface area (Å²) >= 11 is 0. The van der Waals surface area contributed by atoms with Gasteiger partial charge in [0.05, 0.1) is 17.4 Å². The summed E-state index contributed by atoms with van der Waals surface area (Å²) in [7, 11) is 0. The predicted molar refractivity (Wildman–Crippen MR) is 77.9 cm³/mol. The van der Waals surface area contributed by atoms with E-state index < -0.39 is 0 Å². The van der Waals surface area contributed by atoms with Gasteiger partial charge >= 0.3 is 0 Å². The molecular weight excluding hydrogens is 238 g/mol. The minimum atomic E-state index is 0.0118. The number of amides is 1. The lowest BCUT2D eigenvalue weighted by Crippen LogP contribution is -2.16. The standard InChI is InChI=1S/C15H19N3O/c1-11(16)5-4-8-15(19)18-13-9-12-6-2-3-7-14(12)17-10-13/h2-3,6-7,9-11H,4-5,8,16H2,1H3,(H,18,19). The fourth-order valence-electron chi connectivity index (χ4n) is 1.95. The Balaban J connectivity index is 1.95. The van der Waals surface area contributed by atoms with Crippen LogP contribution in [-0.4, -0.2) is 16.9 Å². The van der Waals surface area contributed by atoms with Crippen molar-refractivity contribution >= 4 is 22.5 Å². The molecule has 0 spiro atoms. The van der Waals surface area contributed by atoms with Crippen molar-refractivity contribution in [2.45, 2.75) is 32.2 Å². The Hall–Kier alpha value is -1.94. The molecule has 0 aliphatic rings. The smallest absolute Gasteiger partial charge is 0.224 e. The van der Waals surface area contributed by atoms with Crippen molar-refractivity contribution in [1.29, 1.82) is 0 Å². The molecule has 0 radical (unpaired) electrons. The van der Waals surface area contributed by atoms with Gasteiger partial charge in [-0.25, -0.2) is 0 Å². The highest BCUT2D eigenvalue weighted by atomic mass is 16.1. The molecule has 2 rings (SSSR count). The van der Waals surface area contributed by atoms with E-state index in [1.807, 2.05) is 37.3 Å². The number of hydrogen-bond acceptors (Lipinski definition) is 3. The van der Waals surface area contributed by atoms with E-state index in [-0.39, 0.29) is 11.9 Å². The summed E-state index contributed by atoms with van der Waals surface area (Å²) in [5.41, 5.74) is 7.32. The number of nitrogens with one attached hydrogen (secondary N) is 1.